The van der Waals surface area contributed by atoms with Crippen molar-refractivity contribution in [3.63, 3.8) is 0 Å². The number of ether oxygens (including phenoxy) is 4. The fourth-order valence-corrected chi connectivity index (χ4v) is 0.278. The molecule has 0 aliphatic carbocycles. The lowest BCUT2D eigenvalue weighted by Crippen LogP contribution is -1.96. The molecule has 0 fully saturated rings. The van der Waals surface area contributed by atoms with Crippen molar-refractivity contribution in [2.45, 2.75) is 0 Å². The van der Waals surface area contributed by atoms with E-state index in [0.29, 0.717) is 13.2 Å². The van der Waals surface area contributed by atoms with Gasteiger partial charge in [-0.15, -0.1) is 0 Å². The maximum absolute atomic E-state index is 4.66. The molecule has 0 heterocycles. The third-order valence-corrected chi connectivity index (χ3v) is 0.819. The average molecular weight is 178 g/mol. The van der Waals surface area contributed by atoms with Gasteiger partial charge in [-0.1, -0.05) is 0 Å². The predicted molar refractivity (Wildman–Crippen MR) is 46.9 cm³/mol. The second-order valence-electron chi connectivity index (χ2n) is 1.73. The van der Waals surface area contributed by atoms with Crippen LogP contribution in [0.4, 0.5) is 0 Å². The summed E-state index contributed by atoms with van der Waals surface area (Å²) in [7, 11) is 6.43. The Bertz CT molecular complexity index is 73.1. The molecule has 4 heteroatoms. The van der Waals surface area contributed by atoms with E-state index in [9.17, 15) is 0 Å². The first-order valence-electron chi connectivity index (χ1n) is 3.52. The Morgan fingerprint density at radius 2 is 1.08 bits per heavy atom. The molecule has 0 aromatic rings. The third kappa shape index (κ3) is 22.8. The summed E-state index contributed by atoms with van der Waals surface area (Å²) in [4.78, 5) is 0. The van der Waals surface area contributed by atoms with Crippen LogP contribution in [-0.2, 0) is 18.9 Å². The number of rotatable bonds is 5. The van der Waals surface area contributed by atoms with Crippen molar-refractivity contribution in [2.24, 2.45) is 0 Å². The van der Waals surface area contributed by atoms with Crippen LogP contribution in [-0.4, -0.2) is 41.7 Å². The summed E-state index contributed by atoms with van der Waals surface area (Å²) in [5.74, 6) is 0. The second kappa shape index (κ2) is 16.7. The van der Waals surface area contributed by atoms with E-state index < -0.39 is 0 Å². The highest BCUT2D eigenvalue weighted by Crippen LogP contribution is 1.69. The molecule has 0 amide bonds. The minimum atomic E-state index is 0.691. The monoisotopic (exact) mass is 178 g/mol. The van der Waals surface area contributed by atoms with E-state index in [2.05, 4.69) is 18.9 Å². The van der Waals surface area contributed by atoms with E-state index in [0.717, 1.165) is 0 Å². The lowest BCUT2D eigenvalue weighted by atomic mass is 10.8. The maximum Gasteiger partial charge on any atom is 0.117 e. The zero-order valence-electron chi connectivity index (χ0n) is 8.20. The van der Waals surface area contributed by atoms with E-state index in [1.165, 1.54) is 12.5 Å². The van der Waals surface area contributed by atoms with Gasteiger partial charge in [-0.3, -0.25) is 0 Å². The van der Waals surface area contributed by atoms with Crippen molar-refractivity contribution in [2.75, 3.05) is 41.7 Å². The van der Waals surface area contributed by atoms with Gasteiger partial charge in [-0.2, -0.15) is 0 Å². The number of methoxy groups -OCH3 is 4. The summed E-state index contributed by atoms with van der Waals surface area (Å²) < 4.78 is 18.3. The first-order valence-corrected chi connectivity index (χ1v) is 3.52. The minimum absolute atomic E-state index is 0.691. The van der Waals surface area contributed by atoms with Crippen LogP contribution in [0.5, 0.6) is 0 Å². The lowest BCUT2D eigenvalue weighted by molar-refractivity contribution is 0.103. The summed E-state index contributed by atoms with van der Waals surface area (Å²) in [5.41, 5.74) is 0. The predicted octanol–water partition coefficient (Wildman–Crippen LogP) is 1.03. The Balaban J connectivity index is 0. The molecule has 0 unspecified atom stereocenters. The van der Waals surface area contributed by atoms with Gasteiger partial charge in [0.1, 0.15) is 12.5 Å². The standard InChI is InChI=1S/C4H10O2.C4H8O2/c2*1-5-3-4-6-2/h3-4H2,1-2H3;3-4H,1-2H3. The molecular formula is C8H18O4. The molecule has 0 rings (SSSR count). The SMILES string of the molecule is COC=COC.COCCOC. The molecule has 0 saturated heterocycles. The molecule has 0 aromatic heterocycles. The first-order chi connectivity index (χ1) is 5.83. The second-order valence-corrected chi connectivity index (χ2v) is 1.73. The smallest absolute Gasteiger partial charge is 0.117 e. The van der Waals surface area contributed by atoms with Crippen molar-refractivity contribution in [3.05, 3.63) is 12.5 Å². The maximum atomic E-state index is 4.66. The van der Waals surface area contributed by atoms with Crippen molar-refractivity contribution in [1.82, 2.24) is 0 Å². The van der Waals surface area contributed by atoms with Crippen molar-refractivity contribution in [3.8, 4) is 0 Å². The number of hydrogen-bond acceptors (Lipinski definition) is 4. The highest BCUT2D eigenvalue weighted by molar-refractivity contribution is 4.56. The molecule has 74 valence electrons. The molecule has 0 spiro atoms. The summed E-state index contributed by atoms with van der Waals surface area (Å²) in [6.45, 7) is 1.38. The molecule has 0 bridgehead atoms. The van der Waals surface area contributed by atoms with E-state index in [-0.39, 0.29) is 0 Å². The summed E-state index contributed by atoms with van der Waals surface area (Å²) in [6, 6.07) is 0. The molecule has 12 heavy (non-hydrogen) atoms. The molecule has 0 saturated carbocycles. The van der Waals surface area contributed by atoms with Crippen LogP contribution in [0.3, 0.4) is 0 Å². The van der Waals surface area contributed by atoms with Gasteiger partial charge in [-0.05, 0) is 0 Å². The summed E-state index contributed by atoms with van der Waals surface area (Å²) in [5, 5.41) is 0. The van der Waals surface area contributed by atoms with Gasteiger partial charge in [0.05, 0.1) is 27.4 Å². The van der Waals surface area contributed by atoms with Gasteiger partial charge in [0, 0.05) is 14.2 Å². The van der Waals surface area contributed by atoms with Crippen LogP contribution in [0.1, 0.15) is 0 Å². The summed E-state index contributed by atoms with van der Waals surface area (Å²) >= 11 is 0. The highest BCUT2D eigenvalue weighted by atomic mass is 16.5. The Labute approximate surface area is 74.1 Å². The Kier molecular flexibility index (Phi) is 19.2. The molecule has 4 nitrogen and oxygen atoms in total. The van der Waals surface area contributed by atoms with Crippen LogP contribution < -0.4 is 0 Å². The van der Waals surface area contributed by atoms with E-state index in [1.807, 2.05) is 0 Å². The molecule has 0 aromatic carbocycles. The fourth-order valence-electron chi connectivity index (χ4n) is 0.278. The van der Waals surface area contributed by atoms with E-state index in [4.69, 9.17) is 0 Å². The Hall–Kier alpha value is -0.740. The minimum Gasteiger partial charge on any atom is -0.501 e. The summed E-state index contributed by atoms with van der Waals surface area (Å²) in [6.07, 6.45) is 2.92. The quantitative estimate of drug-likeness (QED) is 0.465. The van der Waals surface area contributed by atoms with Gasteiger partial charge in [0.2, 0.25) is 0 Å². The number of hydrogen-bond donors (Lipinski definition) is 0. The van der Waals surface area contributed by atoms with Crippen LogP contribution in [0.15, 0.2) is 12.5 Å². The Morgan fingerprint density at radius 3 is 1.25 bits per heavy atom. The van der Waals surface area contributed by atoms with Crippen molar-refractivity contribution < 1.29 is 18.9 Å². The van der Waals surface area contributed by atoms with E-state index >= 15 is 0 Å². The molecular weight excluding hydrogens is 160 g/mol. The molecule has 0 N–H and O–H groups in total. The zero-order valence-corrected chi connectivity index (χ0v) is 8.20. The van der Waals surface area contributed by atoms with Crippen molar-refractivity contribution >= 4 is 0 Å². The van der Waals surface area contributed by atoms with Gasteiger partial charge in [0.25, 0.3) is 0 Å². The van der Waals surface area contributed by atoms with Gasteiger partial charge in [0.15, 0.2) is 0 Å². The third-order valence-electron chi connectivity index (χ3n) is 0.819. The van der Waals surface area contributed by atoms with Gasteiger partial charge < -0.3 is 18.9 Å². The van der Waals surface area contributed by atoms with Crippen LogP contribution in [0.25, 0.3) is 0 Å². The first kappa shape index (κ1) is 13.8. The topological polar surface area (TPSA) is 36.9 Å². The van der Waals surface area contributed by atoms with Crippen molar-refractivity contribution in [1.29, 1.82) is 0 Å². The molecule has 0 aliphatic heterocycles. The molecule has 0 radical (unpaired) electrons. The largest absolute Gasteiger partial charge is 0.501 e. The van der Waals surface area contributed by atoms with Crippen LogP contribution in [0, 0.1) is 0 Å². The van der Waals surface area contributed by atoms with Crippen LogP contribution >= 0.6 is 0 Å². The molecule has 0 atom stereocenters. The zero-order chi connectivity index (χ0) is 9.66. The average Bonchev–Trinajstić information content (AvgIpc) is 2.12. The Morgan fingerprint density at radius 1 is 0.750 bits per heavy atom. The van der Waals surface area contributed by atoms with Gasteiger partial charge >= 0.3 is 0 Å². The normalized spacial score (nSPS) is 9.00. The fraction of sp³-hybridized carbons (Fsp3) is 0.750. The molecule has 0 aliphatic rings. The lowest BCUT2D eigenvalue weighted by Gasteiger charge is -1.91. The highest BCUT2D eigenvalue weighted by Gasteiger charge is 1.73. The van der Waals surface area contributed by atoms with E-state index in [1.54, 1.807) is 28.4 Å². The van der Waals surface area contributed by atoms with Crippen LogP contribution in [0.2, 0.25) is 0 Å². The van der Waals surface area contributed by atoms with Gasteiger partial charge in [-0.25, -0.2) is 0 Å².